The molecular formula is C18H23F3N2O. The summed E-state index contributed by atoms with van der Waals surface area (Å²) in [5.41, 5.74) is -1.43. The van der Waals surface area contributed by atoms with Gasteiger partial charge in [-0.1, -0.05) is 12.1 Å². The molecule has 24 heavy (non-hydrogen) atoms. The van der Waals surface area contributed by atoms with Crippen LogP contribution in [0.4, 0.5) is 13.2 Å². The van der Waals surface area contributed by atoms with E-state index in [1.54, 1.807) is 6.07 Å². The number of fused-ring (bicyclic) bond motifs is 1. The lowest BCUT2D eigenvalue weighted by Gasteiger charge is -2.39. The standard InChI is InChI=1S/C18H23F3N2O/c19-18(20,21)13-3-1-2-12(8-13)17(24)4-6-23(7-5-17)11-16-14-9-22-10-15(14)16/h1-3,8,14-16,22,24H,4-7,9-11H2/t14-,15+,16?. The normalized spacial score (nSPS) is 32.6. The number of halogens is 3. The fourth-order valence-corrected chi connectivity index (χ4v) is 4.49. The Morgan fingerprint density at radius 3 is 2.46 bits per heavy atom. The summed E-state index contributed by atoms with van der Waals surface area (Å²) < 4.78 is 38.7. The van der Waals surface area contributed by atoms with Gasteiger partial charge in [-0.2, -0.15) is 13.2 Å². The lowest BCUT2D eigenvalue weighted by Crippen LogP contribution is -2.43. The molecule has 1 unspecified atom stereocenters. The average Bonchev–Trinajstić information content (AvgIpc) is 2.97. The van der Waals surface area contributed by atoms with E-state index in [1.165, 1.54) is 6.07 Å². The van der Waals surface area contributed by atoms with Crippen LogP contribution in [-0.4, -0.2) is 42.7 Å². The highest BCUT2D eigenvalue weighted by Gasteiger charge is 2.53. The lowest BCUT2D eigenvalue weighted by molar-refractivity contribution is -0.137. The van der Waals surface area contributed by atoms with E-state index in [-0.39, 0.29) is 0 Å². The highest BCUT2D eigenvalue weighted by molar-refractivity contribution is 5.30. The Balaban J connectivity index is 1.39. The molecule has 3 aliphatic rings. The highest BCUT2D eigenvalue weighted by Crippen LogP contribution is 2.49. The number of alkyl halides is 3. The SMILES string of the molecule is OC1(c2cccc(C(F)(F)F)c2)CCN(CC2[C@H]3CNC[C@@H]23)CC1. The largest absolute Gasteiger partial charge is 0.416 e. The van der Waals surface area contributed by atoms with Crippen LogP contribution in [0.3, 0.4) is 0 Å². The number of likely N-dealkylation sites (tertiary alicyclic amines) is 1. The topological polar surface area (TPSA) is 35.5 Å². The zero-order valence-corrected chi connectivity index (χ0v) is 13.5. The summed E-state index contributed by atoms with van der Waals surface area (Å²) in [5.74, 6) is 2.40. The predicted molar refractivity (Wildman–Crippen MR) is 84.4 cm³/mol. The van der Waals surface area contributed by atoms with E-state index in [4.69, 9.17) is 0 Å². The van der Waals surface area contributed by atoms with Crippen molar-refractivity contribution in [1.82, 2.24) is 10.2 Å². The third-order valence-corrected chi connectivity index (χ3v) is 6.15. The van der Waals surface area contributed by atoms with Crippen molar-refractivity contribution in [2.24, 2.45) is 17.8 Å². The van der Waals surface area contributed by atoms with Crippen molar-refractivity contribution in [3.63, 3.8) is 0 Å². The third-order valence-electron chi connectivity index (χ3n) is 6.15. The molecule has 1 saturated carbocycles. The number of nitrogens with zero attached hydrogens (tertiary/aromatic N) is 1. The van der Waals surface area contributed by atoms with E-state index in [9.17, 15) is 18.3 Å². The number of benzene rings is 1. The molecule has 0 aromatic heterocycles. The van der Waals surface area contributed by atoms with Crippen LogP contribution in [0.15, 0.2) is 24.3 Å². The molecule has 2 aliphatic heterocycles. The molecule has 4 rings (SSSR count). The van der Waals surface area contributed by atoms with Gasteiger partial charge in [-0.3, -0.25) is 0 Å². The van der Waals surface area contributed by atoms with Crippen LogP contribution in [0, 0.1) is 17.8 Å². The van der Waals surface area contributed by atoms with Crippen molar-refractivity contribution in [3.8, 4) is 0 Å². The molecule has 3 atom stereocenters. The van der Waals surface area contributed by atoms with Gasteiger partial charge in [0, 0.05) is 19.6 Å². The highest BCUT2D eigenvalue weighted by atomic mass is 19.4. The second-order valence-corrected chi connectivity index (χ2v) is 7.56. The van der Waals surface area contributed by atoms with Crippen molar-refractivity contribution in [2.45, 2.75) is 24.6 Å². The van der Waals surface area contributed by atoms with Crippen LogP contribution in [0.25, 0.3) is 0 Å². The summed E-state index contributed by atoms with van der Waals surface area (Å²) in [5, 5.41) is 14.2. The van der Waals surface area contributed by atoms with E-state index in [2.05, 4.69) is 10.2 Å². The average molecular weight is 340 g/mol. The van der Waals surface area contributed by atoms with Gasteiger partial charge >= 0.3 is 6.18 Å². The molecule has 2 N–H and O–H groups in total. The molecule has 132 valence electrons. The summed E-state index contributed by atoms with van der Waals surface area (Å²) in [6, 6.07) is 5.16. The molecule has 6 heteroatoms. The van der Waals surface area contributed by atoms with E-state index in [0.29, 0.717) is 18.4 Å². The molecule has 2 heterocycles. The Hall–Kier alpha value is -1.11. The van der Waals surface area contributed by atoms with Crippen LogP contribution < -0.4 is 5.32 Å². The van der Waals surface area contributed by atoms with Crippen LogP contribution >= 0.6 is 0 Å². The smallest absolute Gasteiger partial charge is 0.385 e. The molecule has 1 aromatic carbocycles. The first-order chi connectivity index (χ1) is 11.4. The van der Waals surface area contributed by atoms with Crippen molar-refractivity contribution in [3.05, 3.63) is 35.4 Å². The maximum Gasteiger partial charge on any atom is 0.416 e. The van der Waals surface area contributed by atoms with Crippen molar-refractivity contribution in [2.75, 3.05) is 32.7 Å². The van der Waals surface area contributed by atoms with E-state index >= 15 is 0 Å². The summed E-state index contributed by atoms with van der Waals surface area (Å²) in [6.07, 6.45) is -3.38. The van der Waals surface area contributed by atoms with Gasteiger partial charge in [-0.05, 0) is 61.4 Å². The Bertz CT molecular complexity index is 601. The van der Waals surface area contributed by atoms with Crippen LogP contribution in [0.1, 0.15) is 24.0 Å². The third kappa shape index (κ3) is 2.95. The number of hydrogen-bond donors (Lipinski definition) is 2. The molecule has 1 aliphatic carbocycles. The number of piperidine rings is 2. The van der Waals surface area contributed by atoms with Gasteiger partial charge < -0.3 is 15.3 Å². The summed E-state index contributed by atoms with van der Waals surface area (Å²) in [4.78, 5) is 2.37. The first-order valence-electron chi connectivity index (χ1n) is 8.70. The Morgan fingerprint density at radius 1 is 1.17 bits per heavy atom. The van der Waals surface area contributed by atoms with Gasteiger partial charge in [-0.25, -0.2) is 0 Å². The second kappa shape index (κ2) is 5.71. The summed E-state index contributed by atoms with van der Waals surface area (Å²) in [6.45, 7) is 4.80. The van der Waals surface area contributed by atoms with Crippen LogP contribution in [0.5, 0.6) is 0 Å². The zero-order chi connectivity index (χ0) is 16.9. The maximum absolute atomic E-state index is 12.9. The maximum atomic E-state index is 12.9. The number of nitrogens with one attached hydrogen (secondary N) is 1. The fraction of sp³-hybridized carbons (Fsp3) is 0.667. The van der Waals surface area contributed by atoms with E-state index in [1.807, 2.05) is 0 Å². The molecule has 3 fully saturated rings. The molecule has 1 aromatic rings. The summed E-state index contributed by atoms with van der Waals surface area (Å²) in [7, 11) is 0. The molecule has 0 amide bonds. The molecule has 0 radical (unpaired) electrons. The molecule has 2 saturated heterocycles. The predicted octanol–water partition coefficient (Wildman–Crippen LogP) is 2.45. The first-order valence-corrected chi connectivity index (χ1v) is 8.70. The van der Waals surface area contributed by atoms with Gasteiger partial charge in [0.2, 0.25) is 0 Å². The Morgan fingerprint density at radius 2 is 1.83 bits per heavy atom. The molecular weight excluding hydrogens is 317 g/mol. The van der Waals surface area contributed by atoms with Gasteiger partial charge in [0.1, 0.15) is 0 Å². The molecule has 0 bridgehead atoms. The Kier molecular flexibility index (Phi) is 3.90. The van der Waals surface area contributed by atoms with E-state index in [0.717, 1.165) is 62.6 Å². The first kappa shape index (κ1) is 16.4. The minimum absolute atomic E-state index is 0.393. The van der Waals surface area contributed by atoms with Crippen molar-refractivity contribution in [1.29, 1.82) is 0 Å². The fourth-order valence-electron chi connectivity index (χ4n) is 4.49. The number of rotatable bonds is 3. The number of hydrogen-bond acceptors (Lipinski definition) is 3. The van der Waals surface area contributed by atoms with Crippen molar-refractivity contribution < 1.29 is 18.3 Å². The van der Waals surface area contributed by atoms with Gasteiger partial charge in [-0.15, -0.1) is 0 Å². The Labute approximate surface area is 139 Å². The zero-order valence-electron chi connectivity index (χ0n) is 13.5. The quantitative estimate of drug-likeness (QED) is 0.887. The van der Waals surface area contributed by atoms with Gasteiger partial charge in [0.05, 0.1) is 11.2 Å². The van der Waals surface area contributed by atoms with Crippen LogP contribution in [0.2, 0.25) is 0 Å². The van der Waals surface area contributed by atoms with Gasteiger partial charge in [0.15, 0.2) is 0 Å². The number of aliphatic hydroxyl groups is 1. The molecule has 0 spiro atoms. The lowest BCUT2D eigenvalue weighted by atomic mass is 9.83. The van der Waals surface area contributed by atoms with E-state index < -0.39 is 17.3 Å². The van der Waals surface area contributed by atoms with Crippen molar-refractivity contribution >= 4 is 0 Å². The minimum Gasteiger partial charge on any atom is -0.385 e. The summed E-state index contributed by atoms with van der Waals surface area (Å²) >= 11 is 0. The molecule has 3 nitrogen and oxygen atoms in total. The van der Waals surface area contributed by atoms with Crippen LogP contribution in [-0.2, 0) is 11.8 Å². The van der Waals surface area contributed by atoms with Gasteiger partial charge in [0.25, 0.3) is 0 Å². The monoisotopic (exact) mass is 340 g/mol. The minimum atomic E-state index is -4.37. The second-order valence-electron chi connectivity index (χ2n) is 7.56.